The predicted molar refractivity (Wildman–Crippen MR) is 119 cm³/mol. The van der Waals surface area contributed by atoms with Crippen molar-refractivity contribution in [3.05, 3.63) is 88.2 Å². The van der Waals surface area contributed by atoms with E-state index in [1.165, 1.54) is 31.3 Å². The van der Waals surface area contributed by atoms with Crippen molar-refractivity contribution in [3.8, 4) is 11.5 Å². The standard InChI is InChI=1S/C24H20ClFN2O4/c1-31-20-5-3-4-18(23(20)32-2)24(30)28-13-21(29)27-19-12-15(25)8-11-17(19)22(28)14-6-9-16(26)10-7-14/h3-12,22H,13H2,1-2H3,(H,27,29). The summed E-state index contributed by atoms with van der Waals surface area (Å²) in [5.41, 5.74) is 2.03. The number of halogens is 2. The van der Waals surface area contributed by atoms with Gasteiger partial charge in [-0.1, -0.05) is 35.9 Å². The van der Waals surface area contributed by atoms with Gasteiger partial charge in [0.25, 0.3) is 5.91 Å². The number of carbonyl (C=O) groups is 2. The van der Waals surface area contributed by atoms with Gasteiger partial charge < -0.3 is 19.7 Å². The number of ether oxygens (including phenoxy) is 2. The molecule has 8 heteroatoms. The van der Waals surface area contributed by atoms with E-state index >= 15 is 0 Å². The zero-order valence-electron chi connectivity index (χ0n) is 17.4. The van der Waals surface area contributed by atoms with Crippen LogP contribution in [0.3, 0.4) is 0 Å². The highest BCUT2D eigenvalue weighted by Gasteiger charge is 2.35. The van der Waals surface area contributed by atoms with Crippen molar-refractivity contribution >= 4 is 29.1 Å². The fourth-order valence-corrected chi connectivity index (χ4v) is 4.05. The van der Waals surface area contributed by atoms with Gasteiger partial charge in [-0.15, -0.1) is 0 Å². The van der Waals surface area contributed by atoms with Crippen molar-refractivity contribution in [2.75, 3.05) is 26.1 Å². The van der Waals surface area contributed by atoms with Crippen molar-refractivity contribution < 1.29 is 23.5 Å². The molecular formula is C24H20ClFN2O4. The first-order chi connectivity index (χ1) is 15.4. The van der Waals surface area contributed by atoms with Crippen LogP contribution in [0.4, 0.5) is 10.1 Å². The predicted octanol–water partition coefficient (Wildman–Crippen LogP) is 4.68. The number of nitrogens with zero attached hydrogens (tertiary/aromatic N) is 1. The van der Waals surface area contributed by atoms with Crippen LogP contribution in [-0.4, -0.2) is 37.5 Å². The molecule has 0 aromatic heterocycles. The first kappa shape index (κ1) is 21.6. The quantitative estimate of drug-likeness (QED) is 0.621. The fourth-order valence-electron chi connectivity index (χ4n) is 3.88. The molecule has 1 heterocycles. The Bertz CT molecular complexity index is 1180. The Hall–Kier alpha value is -3.58. The monoisotopic (exact) mass is 454 g/mol. The fraction of sp³-hybridized carbons (Fsp3) is 0.167. The average Bonchev–Trinajstić information content (AvgIpc) is 2.93. The molecular weight excluding hydrogens is 435 g/mol. The number of hydrogen-bond acceptors (Lipinski definition) is 4. The number of hydrogen-bond donors (Lipinski definition) is 1. The van der Waals surface area contributed by atoms with Crippen molar-refractivity contribution in [1.29, 1.82) is 0 Å². The molecule has 1 unspecified atom stereocenters. The zero-order chi connectivity index (χ0) is 22.8. The van der Waals surface area contributed by atoms with Crippen molar-refractivity contribution in [1.82, 2.24) is 4.90 Å². The lowest BCUT2D eigenvalue weighted by atomic mass is 9.95. The summed E-state index contributed by atoms with van der Waals surface area (Å²) in [7, 11) is 2.92. The Kier molecular flexibility index (Phi) is 6.01. The number of rotatable bonds is 4. The van der Waals surface area contributed by atoms with E-state index in [0.717, 1.165) is 0 Å². The highest BCUT2D eigenvalue weighted by molar-refractivity contribution is 6.31. The summed E-state index contributed by atoms with van der Waals surface area (Å²) < 4.78 is 24.4. The molecule has 3 aromatic rings. The maximum absolute atomic E-state index is 13.8. The van der Waals surface area contributed by atoms with Crippen molar-refractivity contribution in [2.24, 2.45) is 0 Å². The number of amides is 2. The van der Waals surface area contributed by atoms with Gasteiger partial charge in [-0.25, -0.2) is 4.39 Å². The van der Waals surface area contributed by atoms with Crippen LogP contribution in [0.1, 0.15) is 27.5 Å². The lowest BCUT2D eigenvalue weighted by Gasteiger charge is -2.31. The molecule has 0 fully saturated rings. The Labute approximate surface area is 189 Å². The minimum atomic E-state index is -0.676. The maximum Gasteiger partial charge on any atom is 0.259 e. The molecule has 0 radical (unpaired) electrons. The molecule has 1 atom stereocenters. The molecule has 164 valence electrons. The third-order valence-corrected chi connectivity index (χ3v) is 5.52. The van der Waals surface area contributed by atoms with Crippen LogP contribution in [0.5, 0.6) is 11.5 Å². The van der Waals surface area contributed by atoms with E-state index in [1.54, 1.807) is 48.5 Å². The van der Waals surface area contributed by atoms with Crippen molar-refractivity contribution in [3.63, 3.8) is 0 Å². The molecule has 0 spiro atoms. The van der Waals surface area contributed by atoms with Crippen LogP contribution in [0.25, 0.3) is 0 Å². The van der Waals surface area contributed by atoms with Crippen LogP contribution in [-0.2, 0) is 4.79 Å². The van der Waals surface area contributed by atoms with Crippen molar-refractivity contribution in [2.45, 2.75) is 6.04 Å². The Morgan fingerprint density at radius 2 is 1.84 bits per heavy atom. The summed E-state index contributed by atoms with van der Waals surface area (Å²) >= 11 is 6.15. The van der Waals surface area contributed by atoms with E-state index < -0.39 is 17.8 Å². The number of carbonyl (C=O) groups excluding carboxylic acids is 2. The second-order valence-electron chi connectivity index (χ2n) is 7.21. The average molecular weight is 455 g/mol. The molecule has 6 nitrogen and oxygen atoms in total. The van der Waals surface area contributed by atoms with Gasteiger partial charge in [0, 0.05) is 16.3 Å². The normalized spacial score (nSPS) is 15.4. The second kappa shape index (κ2) is 8.88. The molecule has 2 amide bonds. The molecule has 0 saturated carbocycles. The number of fused-ring (bicyclic) bond motifs is 1. The highest BCUT2D eigenvalue weighted by Crippen LogP contribution is 2.39. The SMILES string of the molecule is COc1cccc(C(=O)N2CC(=O)Nc3cc(Cl)ccc3C2c2ccc(F)cc2)c1OC. The minimum Gasteiger partial charge on any atom is -0.493 e. The van der Waals surface area contributed by atoms with E-state index in [9.17, 15) is 14.0 Å². The molecule has 3 aromatic carbocycles. The van der Waals surface area contributed by atoms with Crippen LogP contribution >= 0.6 is 11.6 Å². The lowest BCUT2D eigenvalue weighted by Crippen LogP contribution is -2.39. The Morgan fingerprint density at radius 1 is 1.09 bits per heavy atom. The molecule has 0 saturated heterocycles. The van der Waals surface area contributed by atoms with Crippen LogP contribution in [0.15, 0.2) is 60.7 Å². The molecule has 1 aliphatic rings. The summed E-state index contributed by atoms with van der Waals surface area (Å²) in [5.74, 6) is -0.566. The van der Waals surface area contributed by atoms with Crippen LogP contribution in [0.2, 0.25) is 5.02 Å². The van der Waals surface area contributed by atoms with E-state index in [1.807, 2.05) is 0 Å². The van der Waals surface area contributed by atoms with Gasteiger partial charge in [-0.2, -0.15) is 0 Å². The third kappa shape index (κ3) is 3.99. The van der Waals surface area contributed by atoms with Gasteiger partial charge in [0.2, 0.25) is 5.91 Å². The Balaban J connectivity index is 1.90. The zero-order valence-corrected chi connectivity index (χ0v) is 18.2. The molecule has 1 N–H and O–H groups in total. The van der Waals surface area contributed by atoms with Crippen LogP contribution < -0.4 is 14.8 Å². The summed E-state index contributed by atoms with van der Waals surface area (Å²) in [6.45, 7) is -0.229. The van der Waals surface area contributed by atoms with Gasteiger partial charge in [0.1, 0.15) is 12.4 Å². The summed E-state index contributed by atoms with van der Waals surface area (Å²) in [5, 5.41) is 3.26. The number of benzene rings is 3. The molecule has 32 heavy (non-hydrogen) atoms. The van der Waals surface area contributed by atoms with E-state index in [4.69, 9.17) is 21.1 Å². The Morgan fingerprint density at radius 3 is 2.53 bits per heavy atom. The third-order valence-electron chi connectivity index (χ3n) is 5.29. The smallest absolute Gasteiger partial charge is 0.259 e. The maximum atomic E-state index is 13.8. The second-order valence-corrected chi connectivity index (χ2v) is 7.64. The van der Waals surface area contributed by atoms with E-state index in [-0.39, 0.29) is 23.8 Å². The highest BCUT2D eigenvalue weighted by atomic mass is 35.5. The van der Waals surface area contributed by atoms with Gasteiger partial charge in [-0.05, 0) is 42.0 Å². The molecule has 0 bridgehead atoms. The number of para-hydroxylation sites is 1. The van der Waals surface area contributed by atoms with E-state index in [2.05, 4.69) is 5.32 Å². The summed E-state index contributed by atoms with van der Waals surface area (Å²) in [6.07, 6.45) is 0. The largest absolute Gasteiger partial charge is 0.493 e. The topological polar surface area (TPSA) is 67.9 Å². The summed E-state index contributed by atoms with van der Waals surface area (Å²) in [6, 6.07) is 15.2. The number of nitrogens with one attached hydrogen (secondary N) is 1. The lowest BCUT2D eigenvalue weighted by molar-refractivity contribution is -0.117. The minimum absolute atomic E-state index is 0.229. The number of anilines is 1. The van der Waals surface area contributed by atoms with Gasteiger partial charge >= 0.3 is 0 Å². The first-order valence-electron chi connectivity index (χ1n) is 9.79. The molecule has 1 aliphatic heterocycles. The van der Waals surface area contributed by atoms with Crippen LogP contribution in [0, 0.1) is 5.82 Å². The van der Waals surface area contributed by atoms with Gasteiger partial charge in [-0.3, -0.25) is 9.59 Å². The molecule has 4 rings (SSSR count). The van der Waals surface area contributed by atoms with E-state index in [0.29, 0.717) is 27.6 Å². The van der Waals surface area contributed by atoms with Gasteiger partial charge in [0.05, 0.1) is 25.8 Å². The number of methoxy groups -OCH3 is 2. The molecule has 0 aliphatic carbocycles. The first-order valence-corrected chi connectivity index (χ1v) is 10.2. The summed E-state index contributed by atoms with van der Waals surface area (Å²) in [4.78, 5) is 28.0. The van der Waals surface area contributed by atoms with Gasteiger partial charge in [0.15, 0.2) is 11.5 Å².